The Hall–Kier alpha value is -3.60. The van der Waals surface area contributed by atoms with Crippen LogP contribution in [0.2, 0.25) is 0 Å². The van der Waals surface area contributed by atoms with Gasteiger partial charge in [-0.1, -0.05) is 30.3 Å². The molecule has 0 aliphatic carbocycles. The highest BCUT2D eigenvalue weighted by molar-refractivity contribution is 6.00. The highest BCUT2D eigenvalue weighted by atomic mass is 16.5. The summed E-state index contributed by atoms with van der Waals surface area (Å²) in [6, 6.07) is 16.4. The highest BCUT2D eigenvalue weighted by Gasteiger charge is 2.24. The van der Waals surface area contributed by atoms with Gasteiger partial charge in [-0.2, -0.15) is 0 Å². The first-order valence-electron chi connectivity index (χ1n) is 8.38. The van der Waals surface area contributed by atoms with E-state index in [1.165, 1.54) is 13.4 Å². The fraction of sp³-hybridized carbons (Fsp3) is 0.0909. The van der Waals surface area contributed by atoms with Gasteiger partial charge in [-0.05, 0) is 41.0 Å². The minimum absolute atomic E-state index is 0.0511. The van der Waals surface area contributed by atoms with E-state index in [4.69, 9.17) is 13.9 Å². The van der Waals surface area contributed by atoms with Gasteiger partial charge in [0.2, 0.25) is 5.75 Å². The lowest BCUT2D eigenvalue weighted by atomic mass is 9.96. The zero-order chi connectivity index (χ0) is 19.0. The van der Waals surface area contributed by atoms with E-state index in [1.54, 1.807) is 31.4 Å². The Balaban J connectivity index is 1.98. The van der Waals surface area contributed by atoms with Crippen molar-refractivity contribution in [3.8, 4) is 45.3 Å². The van der Waals surface area contributed by atoms with Gasteiger partial charge in [0.05, 0.1) is 31.4 Å². The monoisotopic (exact) mass is 362 g/mol. The Morgan fingerprint density at radius 3 is 2.15 bits per heavy atom. The minimum Gasteiger partial charge on any atom is -0.508 e. The van der Waals surface area contributed by atoms with Crippen molar-refractivity contribution in [2.24, 2.45) is 0 Å². The lowest BCUT2D eigenvalue weighted by molar-refractivity contribution is 0.367. The summed E-state index contributed by atoms with van der Waals surface area (Å²) in [6.07, 6.45) is 1.53. The number of aromatic hydroxyl groups is 2. The van der Waals surface area contributed by atoms with Gasteiger partial charge in [-0.3, -0.25) is 0 Å². The van der Waals surface area contributed by atoms with Crippen LogP contribution in [0.25, 0.3) is 33.2 Å². The van der Waals surface area contributed by atoms with E-state index < -0.39 is 0 Å². The van der Waals surface area contributed by atoms with Crippen molar-refractivity contribution in [3.05, 3.63) is 60.9 Å². The molecule has 2 N–H and O–H groups in total. The van der Waals surface area contributed by atoms with E-state index in [1.807, 2.05) is 30.3 Å². The molecule has 0 bridgehead atoms. The predicted molar refractivity (Wildman–Crippen MR) is 104 cm³/mol. The van der Waals surface area contributed by atoms with Gasteiger partial charge in [-0.15, -0.1) is 0 Å². The smallest absolute Gasteiger partial charge is 0.205 e. The fourth-order valence-electron chi connectivity index (χ4n) is 3.34. The van der Waals surface area contributed by atoms with Crippen molar-refractivity contribution >= 4 is 11.0 Å². The molecule has 0 spiro atoms. The molecule has 136 valence electrons. The van der Waals surface area contributed by atoms with Crippen LogP contribution in [-0.2, 0) is 0 Å². The second kappa shape index (κ2) is 6.61. The van der Waals surface area contributed by atoms with Crippen LogP contribution in [0, 0.1) is 0 Å². The van der Waals surface area contributed by atoms with Crippen molar-refractivity contribution < 1.29 is 24.1 Å². The topological polar surface area (TPSA) is 72.1 Å². The summed E-state index contributed by atoms with van der Waals surface area (Å²) in [5, 5.41) is 21.3. The Bertz CT molecular complexity index is 1130. The van der Waals surface area contributed by atoms with Crippen LogP contribution in [0.1, 0.15) is 0 Å². The Morgan fingerprint density at radius 2 is 1.44 bits per heavy atom. The molecule has 0 aliphatic rings. The first-order valence-corrected chi connectivity index (χ1v) is 8.38. The molecular formula is C22H18O5. The number of furan rings is 1. The van der Waals surface area contributed by atoms with Crippen LogP contribution in [0.4, 0.5) is 0 Å². The summed E-state index contributed by atoms with van der Waals surface area (Å²) in [5.41, 5.74) is 3.47. The molecule has 5 heteroatoms. The minimum atomic E-state index is -0.0511. The van der Waals surface area contributed by atoms with Gasteiger partial charge in [0, 0.05) is 0 Å². The highest BCUT2D eigenvalue weighted by Crippen LogP contribution is 2.50. The summed E-state index contributed by atoms with van der Waals surface area (Å²) in [5.74, 6) is 0.906. The number of benzene rings is 3. The maximum absolute atomic E-state index is 10.9. The van der Waals surface area contributed by atoms with E-state index in [0.717, 1.165) is 16.7 Å². The van der Waals surface area contributed by atoms with Gasteiger partial charge in [-0.25, -0.2) is 0 Å². The third-order valence-electron chi connectivity index (χ3n) is 4.53. The van der Waals surface area contributed by atoms with Gasteiger partial charge >= 0.3 is 0 Å². The maximum atomic E-state index is 10.9. The molecule has 5 nitrogen and oxygen atoms in total. The van der Waals surface area contributed by atoms with Gasteiger partial charge in [0.25, 0.3) is 0 Å². The van der Waals surface area contributed by atoms with Gasteiger partial charge in [0.1, 0.15) is 11.5 Å². The number of fused-ring (bicyclic) bond motifs is 1. The molecular weight excluding hydrogens is 344 g/mol. The quantitative estimate of drug-likeness (QED) is 0.522. The van der Waals surface area contributed by atoms with Crippen molar-refractivity contribution in [2.45, 2.75) is 0 Å². The normalized spacial score (nSPS) is 10.9. The number of hydrogen-bond donors (Lipinski definition) is 2. The zero-order valence-corrected chi connectivity index (χ0v) is 14.9. The summed E-state index contributed by atoms with van der Waals surface area (Å²) in [4.78, 5) is 0. The van der Waals surface area contributed by atoms with Crippen molar-refractivity contribution in [1.82, 2.24) is 0 Å². The number of phenols is 2. The Labute approximate surface area is 156 Å². The first-order chi connectivity index (χ1) is 13.1. The van der Waals surface area contributed by atoms with E-state index in [-0.39, 0.29) is 17.2 Å². The van der Waals surface area contributed by atoms with E-state index in [2.05, 4.69) is 0 Å². The third kappa shape index (κ3) is 2.73. The molecule has 0 unspecified atom stereocenters. The molecule has 27 heavy (non-hydrogen) atoms. The van der Waals surface area contributed by atoms with Crippen LogP contribution >= 0.6 is 0 Å². The molecule has 0 amide bonds. The molecule has 0 saturated carbocycles. The third-order valence-corrected chi connectivity index (χ3v) is 4.53. The molecule has 4 rings (SSSR count). The second-order valence-electron chi connectivity index (χ2n) is 6.08. The van der Waals surface area contributed by atoms with Crippen LogP contribution in [0.15, 0.2) is 65.3 Å². The standard InChI is InChI=1S/C22H18O5/c1-25-20-17-9-10-27-21(17)22(26-2)19(24)18(20)15-7-3-5-13(11-15)14-6-4-8-16(23)12-14/h3-12,23-24H,1-2H3. The molecule has 1 aromatic heterocycles. The van der Waals surface area contributed by atoms with Crippen molar-refractivity contribution in [1.29, 1.82) is 0 Å². The summed E-state index contributed by atoms with van der Waals surface area (Å²) in [7, 11) is 3.03. The van der Waals surface area contributed by atoms with E-state index >= 15 is 0 Å². The molecule has 0 aliphatic heterocycles. The maximum Gasteiger partial charge on any atom is 0.205 e. The Morgan fingerprint density at radius 1 is 0.778 bits per heavy atom. The Kier molecular flexibility index (Phi) is 4.12. The van der Waals surface area contributed by atoms with Crippen LogP contribution in [-0.4, -0.2) is 24.4 Å². The van der Waals surface area contributed by atoms with Gasteiger partial charge in [0.15, 0.2) is 11.3 Å². The van der Waals surface area contributed by atoms with E-state index in [9.17, 15) is 10.2 Å². The van der Waals surface area contributed by atoms with Crippen LogP contribution in [0.3, 0.4) is 0 Å². The molecule has 1 heterocycles. The van der Waals surface area contributed by atoms with Gasteiger partial charge < -0.3 is 24.1 Å². The average Bonchev–Trinajstić information content (AvgIpc) is 3.16. The molecule has 3 aromatic carbocycles. The fourth-order valence-corrected chi connectivity index (χ4v) is 3.34. The average molecular weight is 362 g/mol. The summed E-state index contributed by atoms with van der Waals surface area (Å²) >= 11 is 0. The number of phenolic OH excluding ortho intramolecular Hbond substituents is 2. The zero-order valence-electron chi connectivity index (χ0n) is 14.9. The largest absolute Gasteiger partial charge is 0.508 e. The summed E-state index contributed by atoms with van der Waals surface area (Å²) < 4.78 is 16.4. The van der Waals surface area contributed by atoms with E-state index in [0.29, 0.717) is 22.3 Å². The van der Waals surface area contributed by atoms with Crippen LogP contribution in [0.5, 0.6) is 23.0 Å². The number of rotatable bonds is 4. The molecule has 0 saturated heterocycles. The number of methoxy groups -OCH3 is 2. The SMILES string of the molecule is COc1c(-c2cccc(-c3cccc(O)c3)c2)c(O)c(OC)c2occc12. The molecule has 0 atom stereocenters. The van der Waals surface area contributed by atoms with Crippen LogP contribution < -0.4 is 9.47 Å². The summed E-state index contributed by atoms with van der Waals surface area (Å²) in [6.45, 7) is 0. The molecule has 0 radical (unpaired) electrons. The lowest BCUT2D eigenvalue weighted by Gasteiger charge is -2.16. The molecule has 0 fully saturated rings. The first kappa shape index (κ1) is 16.8. The second-order valence-corrected chi connectivity index (χ2v) is 6.08. The van der Waals surface area contributed by atoms with Crippen molar-refractivity contribution in [3.63, 3.8) is 0 Å². The van der Waals surface area contributed by atoms with Crippen molar-refractivity contribution in [2.75, 3.05) is 14.2 Å². The molecule has 4 aromatic rings. The lowest BCUT2D eigenvalue weighted by Crippen LogP contribution is -1.94. The number of ether oxygens (including phenoxy) is 2. The predicted octanol–water partition coefficient (Wildman–Crippen LogP) is 5.20. The number of hydrogen-bond acceptors (Lipinski definition) is 5.